The van der Waals surface area contributed by atoms with Crippen molar-refractivity contribution in [3.05, 3.63) is 100 Å². The fourth-order valence-corrected chi connectivity index (χ4v) is 4.90. The van der Waals surface area contributed by atoms with Crippen molar-refractivity contribution < 1.29 is 22.7 Å². The van der Waals surface area contributed by atoms with E-state index in [1.165, 1.54) is 40.5 Å². The van der Waals surface area contributed by atoms with E-state index >= 15 is 0 Å². The number of ether oxygens (including phenoxy) is 1. The number of carbonyl (C=O) groups is 2. The van der Waals surface area contributed by atoms with E-state index in [2.05, 4.69) is 4.98 Å². The first-order valence-electron chi connectivity index (χ1n) is 10.7. The Balaban J connectivity index is 1.51. The molecule has 0 atom stereocenters. The number of nitrogens with zero attached hydrogens (tertiary/aromatic N) is 2. The van der Waals surface area contributed by atoms with E-state index in [0.29, 0.717) is 15.8 Å². The van der Waals surface area contributed by atoms with Crippen LogP contribution in [0.4, 0.5) is 5.13 Å². The molecule has 0 bridgehead atoms. The standard InChI is InChI=1S/C26H21ClN2O5S2/c1-36(32,33)22-13-9-20(10-14-22)25(31)34-16-24(30)29(15-18-5-3-2-4-6-18)26-28-23(17-35-26)19-7-11-21(27)12-8-19/h2-14,17H,15-16H2,1H3. The molecule has 0 aliphatic carbocycles. The lowest BCUT2D eigenvalue weighted by Crippen LogP contribution is -2.34. The summed E-state index contributed by atoms with van der Waals surface area (Å²) in [6, 6.07) is 22.0. The number of esters is 1. The monoisotopic (exact) mass is 540 g/mol. The molecule has 0 saturated heterocycles. The van der Waals surface area contributed by atoms with Crippen LogP contribution in [0.1, 0.15) is 15.9 Å². The Labute approximate surface area is 217 Å². The van der Waals surface area contributed by atoms with Gasteiger partial charge in [-0.15, -0.1) is 11.3 Å². The molecule has 10 heteroatoms. The molecule has 1 amide bonds. The van der Waals surface area contributed by atoms with Gasteiger partial charge in [-0.25, -0.2) is 18.2 Å². The fourth-order valence-electron chi connectivity index (χ4n) is 3.30. The van der Waals surface area contributed by atoms with Gasteiger partial charge in [0, 0.05) is 22.2 Å². The Morgan fingerprint density at radius 3 is 2.28 bits per heavy atom. The Kier molecular flexibility index (Phi) is 7.83. The molecular formula is C26H21ClN2O5S2. The van der Waals surface area contributed by atoms with E-state index in [1.807, 2.05) is 47.8 Å². The van der Waals surface area contributed by atoms with E-state index in [4.69, 9.17) is 16.3 Å². The van der Waals surface area contributed by atoms with Crippen LogP contribution in [0.5, 0.6) is 0 Å². The molecule has 184 valence electrons. The molecule has 0 fully saturated rings. The number of rotatable bonds is 8. The maximum absolute atomic E-state index is 13.2. The van der Waals surface area contributed by atoms with Crippen LogP contribution < -0.4 is 4.90 Å². The molecule has 0 N–H and O–H groups in total. The van der Waals surface area contributed by atoms with E-state index in [0.717, 1.165) is 17.4 Å². The van der Waals surface area contributed by atoms with Gasteiger partial charge in [-0.2, -0.15) is 0 Å². The molecule has 0 unspecified atom stereocenters. The average molecular weight is 541 g/mol. The van der Waals surface area contributed by atoms with E-state index in [-0.39, 0.29) is 17.0 Å². The molecule has 1 aromatic heterocycles. The minimum absolute atomic E-state index is 0.0874. The lowest BCUT2D eigenvalue weighted by atomic mass is 10.2. The van der Waals surface area contributed by atoms with Gasteiger partial charge in [0.25, 0.3) is 5.91 Å². The summed E-state index contributed by atoms with van der Waals surface area (Å²) in [5, 5.41) is 2.92. The van der Waals surface area contributed by atoms with Crippen LogP contribution in [0, 0.1) is 0 Å². The number of aromatic nitrogens is 1. The predicted molar refractivity (Wildman–Crippen MR) is 140 cm³/mol. The number of carbonyl (C=O) groups excluding carboxylic acids is 2. The predicted octanol–water partition coefficient (Wildman–Crippen LogP) is 5.26. The van der Waals surface area contributed by atoms with Crippen molar-refractivity contribution in [2.75, 3.05) is 17.8 Å². The highest BCUT2D eigenvalue weighted by atomic mass is 35.5. The minimum Gasteiger partial charge on any atom is -0.452 e. The third-order valence-corrected chi connectivity index (χ3v) is 7.44. The van der Waals surface area contributed by atoms with Crippen molar-refractivity contribution in [3.63, 3.8) is 0 Å². The molecule has 0 aliphatic rings. The number of sulfone groups is 1. The number of halogens is 1. The van der Waals surface area contributed by atoms with Crippen LogP contribution in [0.25, 0.3) is 11.3 Å². The molecule has 0 aliphatic heterocycles. The quantitative estimate of drug-likeness (QED) is 0.283. The van der Waals surface area contributed by atoms with Gasteiger partial charge in [-0.05, 0) is 42.0 Å². The summed E-state index contributed by atoms with van der Waals surface area (Å²) in [4.78, 5) is 31.8. The van der Waals surface area contributed by atoms with E-state index < -0.39 is 28.3 Å². The van der Waals surface area contributed by atoms with Crippen LogP contribution in [0.2, 0.25) is 5.02 Å². The highest BCUT2D eigenvalue weighted by Crippen LogP contribution is 2.29. The molecule has 4 rings (SSSR count). The summed E-state index contributed by atoms with van der Waals surface area (Å²) >= 11 is 7.28. The number of benzene rings is 3. The number of hydrogen-bond acceptors (Lipinski definition) is 7. The zero-order valence-electron chi connectivity index (χ0n) is 19.1. The maximum atomic E-state index is 13.2. The molecule has 36 heavy (non-hydrogen) atoms. The Morgan fingerprint density at radius 2 is 1.64 bits per heavy atom. The van der Waals surface area contributed by atoms with Crippen molar-refractivity contribution in [2.24, 2.45) is 0 Å². The van der Waals surface area contributed by atoms with Crippen molar-refractivity contribution in [2.45, 2.75) is 11.4 Å². The van der Waals surface area contributed by atoms with Crippen LogP contribution >= 0.6 is 22.9 Å². The number of anilines is 1. The summed E-state index contributed by atoms with van der Waals surface area (Å²) in [7, 11) is -3.39. The topological polar surface area (TPSA) is 93.6 Å². The molecule has 3 aromatic carbocycles. The summed E-state index contributed by atoms with van der Waals surface area (Å²) in [5.41, 5.74) is 2.58. The second kappa shape index (κ2) is 11.0. The van der Waals surface area contributed by atoms with Gasteiger partial charge in [-0.1, -0.05) is 54.1 Å². The van der Waals surface area contributed by atoms with Gasteiger partial charge in [0.2, 0.25) is 0 Å². The minimum atomic E-state index is -3.39. The molecule has 4 aromatic rings. The van der Waals surface area contributed by atoms with Crippen molar-refractivity contribution in [3.8, 4) is 11.3 Å². The Morgan fingerprint density at radius 1 is 0.972 bits per heavy atom. The molecule has 0 spiro atoms. The van der Waals surface area contributed by atoms with E-state index in [1.54, 1.807) is 12.1 Å². The fraction of sp³-hybridized carbons (Fsp3) is 0.115. The van der Waals surface area contributed by atoms with E-state index in [9.17, 15) is 18.0 Å². The average Bonchev–Trinajstić information content (AvgIpc) is 3.36. The third kappa shape index (κ3) is 6.37. The van der Waals surface area contributed by atoms with Crippen LogP contribution in [-0.2, 0) is 25.9 Å². The summed E-state index contributed by atoms with van der Waals surface area (Å²) in [5.74, 6) is -1.18. The Hall–Kier alpha value is -3.53. The van der Waals surface area contributed by atoms with Gasteiger partial charge < -0.3 is 4.74 Å². The SMILES string of the molecule is CS(=O)(=O)c1ccc(C(=O)OCC(=O)N(Cc2ccccc2)c2nc(-c3ccc(Cl)cc3)cs2)cc1. The van der Waals surface area contributed by atoms with Crippen molar-refractivity contribution >= 4 is 49.8 Å². The molecule has 7 nitrogen and oxygen atoms in total. The molecule has 0 saturated carbocycles. The molecular weight excluding hydrogens is 520 g/mol. The van der Waals surface area contributed by atoms with Gasteiger partial charge >= 0.3 is 5.97 Å². The Bertz CT molecular complexity index is 1470. The first-order chi connectivity index (χ1) is 17.2. The summed E-state index contributed by atoms with van der Waals surface area (Å²) in [6.45, 7) is -0.261. The summed E-state index contributed by atoms with van der Waals surface area (Å²) in [6.07, 6.45) is 1.08. The highest BCUT2D eigenvalue weighted by molar-refractivity contribution is 7.90. The van der Waals surface area contributed by atoms with Crippen molar-refractivity contribution in [1.82, 2.24) is 4.98 Å². The first kappa shape index (κ1) is 25.6. The van der Waals surface area contributed by atoms with Gasteiger partial charge in [0.15, 0.2) is 21.6 Å². The number of amides is 1. The second-order valence-corrected chi connectivity index (χ2v) is 11.1. The summed E-state index contributed by atoms with van der Waals surface area (Å²) < 4.78 is 28.5. The highest BCUT2D eigenvalue weighted by Gasteiger charge is 2.22. The number of thiazole rings is 1. The van der Waals surface area contributed by atoms with Crippen LogP contribution in [-0.4, -0.2) is 38.1 Å². The molecule has 1 heterocycles. The zero-order chi connectivity index (χ0) is 25.7. The maximum Gasteiger partial charge on any atom is 0.338 e. The third-order valence-electron chi connectivity index (χ3n) is 5.19. The van der Waals surface area contributed by atoms with Crippen molar-refractivity contribution in [1.29, 1.82) is 0 Å². The lowest BCUT2D eigenvalue weighted by molar-refractivity contribution is -0.121. The smallest absolute Gasteiger partial charge is 0.338 e. The second-order valence-electron chi connectivity index (χ2n) is 7.86. The lowest BCUT2D eigenvalue weighted by Gasteiger charge is -2.20. The number of hydrogen-bond donors (Lipinski definition) is 0. The van der Waals surface area contributed by atoms with Crippen LogP contribution in [0.3, 0.4) is 0 Å². The normalized spacial score (nSPS) is 11.2. The van der Waals surface area contributed by atoms with Crippen LogP contribution in [0.15, 0.2) is 89.1 Å². The van der Waals surface area contributed by atoms with Gasteiger partial charge in [0.05, 0.1) is 22.7 Å². The first-order valence-corrected chi connectivity index (χ1v) is 13.9. The largest absolute Gasteiger partial charge is 0.452 e. The molecule has 0 radical (unpaired) electrons. The van der Waals surface area contributed by atoms with Gasteiger partial charge in [-0.3, -0.25) is 9.69 Å². The van der Waals surface area contributed by atoms with Gasteiger partial charge in [0.1, 0.15) is 0 Å². The zero-order valence-corrected chi connectivity index (χ0v) is 21.5.